The number of hydrogen-bond acceptors (Lipinski definition) is 5. The van der Waals surface area contributed by atoms with Crippen LogP contribution < -0.4 is 15.4 Å². The lowest BCUT2D eigenvalue weighted by molar-refractivity contribution is 0.222. The van der Waals surface area contributed by atoms with E-state index in [9.17, 15) is 0 Å². The summed E-state index contributed by atoms with van der Waals surface area (Å²) >= 11 is 3.48. The molecular formula is C16H23BrIN5O2. The van der Waals surface area contributed by atoms with Gasteiger partial charge in [-0.3, -0.25) is 0 Å². The molecule has 0 aliphatic carbocycles. The monoisotopic (exact) mass is 523 g/mol. The molecule has 25 heavy (non-hydrogen) atoms. The highest BCUT2D eigenvalue weighted by molar-refractivity contribution is 14.0. The lowest BCUT2D eigenvalue weighted by atomic mass is 10.3. The molecule has 0 radical (unpaired) electrons. The number of halogens is 2. The molecule has 0 amide bonds. The first-order valence-electron chi connectivity index (χ1n) is 7.81. The topological polar surface area (TPSA) is 84.6 Å². The van der Waals surface area contributed by atoms with Crippen LogP contribution in [0.3, 0.4) is 0 Å². The predicted molar refractivity (Wildman–Crippen MR) is 112 cm³/mol. The minimum atomic E-state index is -0.0278. The molecule has 0 saturated heterocycles. The fourth-order valence-corrected chi connectivity index (χ4v) is 2.31. The molecule has 0 spiro atoms. The summed E-state index contributed by atoms with van der Waals surface area (Å²) in [6.45, 7) is 7.49. The largest absolute Gasteiger partial charge is 0.488 e. The smallest absolute Gasteiger partial charge is 0.223 e. The van der Waals surface area contributed by atoms with Gasteiger partial charge in [0, 0.05) is 13.5 Å². The summed E-state index contributed by atoms with van der Waals surface area (Å²) in [6.07, 6.45) is -0.0278. The molecule has 1 atom stereocenters. The number of ether oxygens (including phenoxy) is 1. The van der Waals surface area contributed by atoms with Crippen molar-refractivity contribution in [1.82, 2.24) is 20.8 Å². The molecule has 1 aromatic carbocycles. The van der Waals surface area contributed by atoms with Gasteiger partial charge in [0.05, 0.1) is 11.0 Å². The van der Waals surface area contributed by atoms with Gasteiger partial charge in [0.1, 0.15) is 18.4 Å². The van der Waals surface area contributed by atoms with Crippen LogP contribution in [0, 0.1) is 6.92 Å². The summed E-state index contributed by atoms with van der Waals surface area (Å²) < 4.78 is 11.8. The van der Waals surface area contributed by atoms with E-state index >= 15 is 0 Å². The molecule has 7 nitrogen and oxygen atoms in total. The molecule has 0 saturated carbocycles. The molecule has 1 heterocycles. The molecule has 0 aliphatic heterocycles. The van der Waals surface area contributed by atoms with Gasteiger partial charge in [0.25, 0.3) is 0 Å². The Bertz CT molecular complexity index is 680. The highest BCUT2D eigenvalue weighted by atomic mass is 127. The third-order valence-corrected chi connectivity index (χ3v) is 3.67. The van der Waals surface area contributed by atoms with E-state index in [0.29, 0.717) is 30.8 Å². The maximum atomic E-state index is 5.91. The zero-order valence-electron chi connectivity index (χ0n) is 14.5. The Kier molecular flexibility index (Phi) is 9.79. The Morgan fingerprint density at radius 3 is 2.76 bits per heavy atom. The minimum absolute atomic E-state index is 0. The van der Waals surface area contributed by atoms with Crippen LogP contribution in [-0.4, -0.2) is 35.3 Å². The molecule has 9 heteroatoms. The van der Waals surface area contributed by atoms with Crippen molar-refractivity contribution in [2.24, 2.45) is 4.99 Å². The average Bonchev–Trinajstić information content (AvgIpc) is 2.98. The molecule has 138 valence electrons. The molecule has 1 unspecified atom stereocenters. The molecule has 2 aromatic rings. The van der Waals surface area contributed by atoms with E-state index in [2.05, 4.69) is 41.7 Å². The van der Waals surface area contributed by atoms with Gasteiger partial charge >= 0.3 is 0 Å². The maximum absolute atomic E-state index is 5.91. The highest BCUT2D eigenvalue weighted by Crippen LogP contribution is 2.24. The maximum Gasteiger partial charge on any atom is 0.223 e. The van der Waals surface area contributed by atoms with Gasteiger partial charge in [-0.15, -0.1) is 24.0 Å². The first-order valence-corrected chi connectivity index (χ1v) is 8.60. The number of nitrogens with zero attached hydrogens (tertiary/aromatic N) is 3. The van der Waals surface area contributed by atoms with Gasteiger partial charge in [-0.2, -0.15) is 4.98 Å². The molecule has 1 aromatic heterocycles. The normalized spacial score (nSPS) is 12.2. The third kappa shape index (κ3) is 7.59. The minimum Gasteiger partial charge on any atom is -0.488 e. The number of nitrogens with one attached hydrogen (secondary N) is 2. The van der Waals surface area contributed by atoms with Crippen LogP contribution in [-0.2, 0) is 6.54 Å². The standard InChI is InChI=1S/C16H22BrN5O2.HI/c1-4-18-16(20-10-15-21-12(3)24-22-15)19-9-11(2)23-14-8-6-5-7-13(14)17;/h5-8,11H,4,9-10H2,1-3H3,(H2,18,19,20);1H. The summed E-state index contributed by atoms with van der Waals surface area (Å²) in [4.78, 5) is 8.57. The van der Waals surface area contributed by atoms with E-state index in [-0.39, 0.29) is 30.1 Å². The van der Waals surface area contributed by atoms with E-state index in [1.807, 2.05) is 38.1 Å². The summed E-state index contributed by atoms with van der Waals surface area (Å²) in [7, 11) is 0. The number of para-hydroxylation sites is 1. The molecule has 0 aliphatic rings. The highest BCUT2D eigenvalue weighted by Gasteiger charge is 2.08. The Morgan fingerprint density at radius 2 is 2.12 bits per heavy atom. The van der Waals surface area contributed by atoms with Gasteiger partial charge in [-0.25, -0.2) is 4.99 Å². The van der Waals surface area contributed by atoms with Gasteiger partial charge < -0.3 is 19.9 Å². The van der Waals surface area contributed by atoms with Gasteiger partial charge in [-0.05, 0) is 41.9 Å². The van der Waals surface area contributed by atoms with Crippen molar-refractivity contribution in [2.75, 3.05) is 13.1 Å². The number of aliphatic imine (C=N–C) groups is 1. The van der Waals surface area contributed by atoms with Crippen LogP contribution in [0.1, 0.15) is 25.6 Å². The van der Waals surface area contributed by atoms with Crippen molar-refractivity contribution < 1.29 is 9.26 Å². The van der Waals surface area contributed by atoms with Crippen molar-refractivity contribution in [2.45, 2.75) is 33.4 Å². The lowest BCUT2D eigenvalue weighted by Gasteiger charge is -2.18. The van der Waals surface area contributed by atoms with Crippen LogP contribution in [0.15, 0.2) is 38.3 Å². The van der Waals surface area contributed by atoms with Gasteiger partial charge in [0.2, 0.25) is 5.89 Å². The predicted octanol–water partition coefficient (Wildman–Crippen LogP) is 3.28. The summed E-state index contributed by atoms with van der Waals surface area (Å²) in [5.74, 6) is 2.59. The number of benzene rings is 1. The number of rotatable bonds is 7. The summed E-state index contributed by atoms with van der Waals surface area (Å²) in [6, 6.07) is 7.78. The SMILES string of the molecule is CCNC(=NCc1noc(C)n1)NCC(C)Oc1ccccc1Br.I. The molecule has 0 fully saturated rings. The summed E-state index contributed by atoms with van der Waals surface area (Å²) in [5.41, 5.74) is 0. The van der Waals surface area contributed by atoms with Crippen molar-refractivity contribution in [3.63, 3.8) is 0 Å². The number of hydrogen-bond donors (Lipinski definition) is 2. The Hall–Kier alpha value is -1.36. The van der Waals surface area contributed by atoms with E-state index in [0.717, 1.165) is 16.8 Å². The van der Waals surface area contributed by atoms with E-state index in [1.54, 1.807) is 6.92 Å². The van der Waals surface area contributed by atoms with Gasteiger partial charge in [-0.1, -0.05) is 17.3 Å². The lowest BCUT2D eigenvalue weighted by Crippen LogP contribution is -2.41. The van der Waals surface area contributed by atoms with Crippen molar-refractivity contribution in [3.8, 4) is 5.75 Å². The third-order valence-electron chi connectivity index (χ3n) is 3.01. The number of aromatic nitrogens is 2. The van der Waals surface area contributed by atoms with E-state index in [1.165, 1.54) is 0 Å². The van der Waals surface area contributed by atoms with Crippen LogP contribution in [0.5, 0.6) is 5.75 Å². The van der Waals surface area contributed by atoms with Gasteiger partial charge in [0.15, 0.2) is 11.8 Å². The first kappa shape index (κ1) is 21.7. The van der Waals surface area contributed by atoms with Crippen LogP contribution in [0.2, 0.25) is 0 Å². The Labute approximate surface area is 173 Å². The van der Waals surface area contributed by atoms with Crippen molar-refractivity contribution in [1.29, 1.82) is 0 Å². The second kappa shape index (κ2) is 11.3. The second-order valence-electron chi connectivity index (χ2n) is 5.16. The Balaban J connectivity index is 0.00000312. The molecule has 0 bridgehead atoms. The molecular weight excluding hydrogens is 501 g/mol. The number of guanidine groups is 1. The van der Waals surface area contributed by atoms with Crippen LogP contribution >= 0.6 is 39.9 Å². The second-order valence-corrected chi connectivity index (χ2v) is 6.02. The zero-order valence-corrected chi connectivity index (χ0v) is 18.4. The average molecular weight is 524 g/mol. The fourth-order valence-electron chi connectivity index (χ4n) is 1.94. The van der Waals surface area contributed by atoms with Crippen LogP contribution in [0.25, 0.3) is 0 Å². The van der Waals surface area contributed by atoms with Crippen LogP contribution in [0.4, 0.5) is 0 Å². The van der Waals surface area contributed by atoms with Crippen molar-refractivity contribution in [3.05, 3.63) is 40.5 Å². The molecule has 2 N–H and O–H groups in total. The first-order chi connectivity index (χ1) is 11.6. The molecule has 2 rings (SSSR count). The van der Waals surface area contributed by atoms with E-state index < -0.39 is 0 Å². The summed E-state index contributed by atoms with van der Waals surface area (Å²) in [5, 5.41) is 10.3. The quantitative estimate of drug-likeness (QED) is 0.329. The Morgan fingerprint density at radius 1 is 1.36 bits per heavy atom. The number of aryl methyl sites for hydroxylation is 1. The van der Waals surface area contributed by atoms with E-state index in [4.69, 9.17) is 9.26 Å². The van der Waals surface area contributed by atoms with Crippen molar-refractivity contribution >= 4 is 45.9 Å². The fraction of sp³-hybridized carbons (Fsp3) is 0.438. The zero-order chi connectivity index (χ0) is 17.4.